The lowest BCUT2D eigenvalue weighted by Crippen LogP contribution is -2.31. The average molecular weight is 234 g/mol. The van der Waals surface area contributed by atoms with E-state index in [1.165, 1.54) is 32.2 Å². The van der Waals surface area contributed by atoms with Crippen molar-refractivity contribution in [3.63, 3.8) is 0 Å². The van der Waals surface area contributed by atoms with Crippen molar-refractivity contribution in [1.82, 2.24) is 9.29 Å². The van der Waals surface area contributed by atoms with Crippen LogP contribution in [-0.2, 0) is 0 Å². The van der Waals surface area contributed by atoms with Gasteiger partial charge in [0.15, 0.2) is 0 Å². The molecule has 2 heterocycles. The average Bonchev–Trinajstić information content (AvgIpc) is 2.58. The fourth-order valence-corrected chi connectivity index (χ4v) is 4.04. The van der Waals surface area contributed by atoms with E-state index >= 15 is 0 Å². The zero-order valence-corrected chi connectivity index (χ0v) is 10.5. The highest BCUT2D eigenvalue weighted by Gasteiger charge is 2.46. The van der Waals surface area contributed by atoms with Crippen LogP contribution < -0.4 is 0 Å². The maximum Gasteiger partial charge on any atom is 0.111 e. The summed E-state index contributed by atoms with van der Waals surface area (Å²) in [6.07, 6.45) is 7.58. The molecule has 86 valence electrons. The summed E-state index contributed by atoms with van der Waals surface area (Å²) in [5.74, 6) is 0. The van der Waals surface area contributed by atoms with Gasteiger partial charge in [0.05, 0.1) is 0 Å². The first-order chi connectivity index (χ1) is 7.77. The second-order valence-corrected chi connectivity index (χ2v) is 6.31. The van der Waals surface area contributed by atoms with E-state index < -0.39 is 0 Å². The van der Waals surface area contributed by atoms with E-state index in [1.54, 1.807) is 0 Å². The Morgan fingerprint density at radius 1 is 1.44 bits per heavy atom. The normalized spacial score (nSPS) is 28.2. The Hall–Kier alpha value is -0.540. The highest BCUT2D eigenvalue weighted by atomic mass is 32.2. The standard InChI is InChI=1S/C13H18N2S/c1-11-9-13(6-4-7-13)10-15(11)16-12-5-2-3-8-14-12/h2-3,5,8,11H,4,6-7,9-10H2,1H3. The van der Waals surface area contributed by atoms with Crippen LogP contribution in [-0.4, -0.2) is 21.9 Å². The molecule has 1 aromatic heterocycles. The van der Waals surface area contributed by atoms with Gasteiger partial charge in [-0.1, -0.05) is 12.5 Å². The molecule has 1 spiro atoms. The molecule has 1 aromatic rings. The van der Waals surface area contributed by atoms with Crippen LogP contribution >= 0.6 is 11.9 Å². The predicted molar refractivity (Wildman–Crippen MR) is 67.2 cm³/mol. The molecule has 0 bridgehead atoms. The summed E-state index contributed by atoms with van der Waals surface area (Å²) in [5.41, 5.74) is 0.668. The molecule has 1 atom stereocenters. The van der Waals surface area contributed by atoms with Crippen molar-refractivity contribution in [2.45, 2.75) is 43.7 Å². The molecule has 2 aliphatic rings. The number of hydrogen-bond donors (Lipinski definition) is 0. The molecule has 16 heavy (non-hydrogen) atoms. The summed E-state index contributed by atoms with van der Waals surface area (Å²) in [6, 6.07) is 6.84. The van der Waals surface area contributed by atoms with E-state index in [1.807, 2.05) is 24.2 Å². The van der Waals surface area contributed by atoms with Gasteiger partial charge in [0, 0.05) is 18.8 Å². The van der Waals surface area contributed by atoms with E-state index in [0.717, 1.165) is 5.03 Å². The lowest BCUT2D eigenvalue weighted by Gasteiger charge is -2.38. The van der Waals surface area contributed by atoms with E-state index in [-0.39, 0.29) is 0 Å². The Bertz CT molecular complexity index is 361. The van der Waals surface area contributed by atoms with Crippen LogP contribution in [0.4, 0.5) is 0 Å². The van der Waals surface area contributed by atoms with Crippen molar-refractivity contribution >= 4 is 11.9 Å². The zero-order chi connectivity index (χ0) is 11.0. The first-order valence-corrected chi connectivity index (χ1v) is 6.90. The van der Waals surface area contributed by atoms with Crippen LogP contribution in [0.1, 0.15) is 32.6 Å². The number of hydrogen-bond acceptors (Lipinski definition) is 3. The minimum absolute atomic E-state index is 0.668. The molecule has 1 aliphatic carbocycles. The molecule has 0 aromatic carbocycles. The minimum Gasteiger partial charge on any atom is -0.249 e. The molecule has 0 N–H and O–H groups in total. The SMILES string of the molecule is CC1CC2(CCC2)CN1Sc1ccccn1. The third kappa shape index (κ3) is 1.87. The monoisotopic (exact) mass is 234 g/mol. The van der Waals surface area contributed by atoms with Gasteiger partial charge in [-0.2, -0.15) is 0 Å². The smallest absolute Gasteiger partial charge is 0.111 e. The molecule has 1 saturated carbocycles. The van der Waals surface area contributed by atoms with Crippen molar-refractivity contribution < 1.29 is 0 Å². The summed E-state index contributed by atoms with van der Waals surface area (Å²) in [5, 5.41) is 1.13. The van der Waals surface area contributed by atoms with Gasteiger partial charge in [0.25, 0.3) is 0 Å². The van der Waals surface area contributed by atoms with Crippen LogP contribution in [0.5, 0.6) is 0 Å². The highest BCUT2D eigenvalue weighted by Crippen LogP contribution is 2.52. The fraction of sp³-hybridized carbons (Fsp3) is 0.615. The Balaban J connectivity index is 1.67. The lowest BCUT2D eigenvalue weighted by molar-refractivity contribution is 0.154. The second-order valence-electron chi connectivity index (χ2n) is 5.24. The maximum atomic E-state index is 4.39. The zero-order valence-electron chi connectivity index (χ0n) is 9.72. The van der Waals surface area contributed by atoms with Crippen LogP contribution in [0.25, 0.3) is 0 Å². The van der Waals surface area contributed by atoms with Gasteiger partial charge in [-0.25, -0.2) is 9.29 Å². The van der Waals surface area contributed by atoms with Crippen LogP contribution in [0.15, 0.2) is 29.4 Å². The van der Waals surface area contributed by atoms with E-state index in [0.29, 0.717) is 11.5 Å². The van der Waals surface area contributed by atoms with E-state index in [4.69, 9.17) is 0 Å². The van der Waals surface area contributed by atoms with Crippen LogP contribution in [0, 0.1) is 5.41 Å². The Morgan fingerprint density at radius 2 is 2.31 bits per heavy atom. The molecule has 1 saturated heterocycles. The van der Waals surface area contributed by atoms with Gasteiger partial charge in [0.1, 0.15) is 5.03 Å². The van der Waals surface area contributed by atoms with Gasteiger partial charge in [-0.15, -0.1) is 0 Å². The molecule has 0 radical (unpaired) electrons. The summed E-state index contributed by atoms with van der Waals surface area (Å²) < 4.78 is 2.53. The van der Waals surface area contributed by atoms with E-state index in [9.17, 15) is 0 Å². The number of aromatic nitrogens is 1. The largest absolute Gasteiger partial charge is 0.249 e. The van der Waals surface area contributed by atoms with Gasteiger partial charge in [-0.3, -0.25) is 0 Å². The number of rotatable bonds is 2. The Morgan fingerprint density at radius 3 is 2.88 bits per heavy atom. The van der Waals surface area contributed by atoms with Crippen LogP contribution in [0.2, 0.25) is 0 Å². The lowest BCUT2D eigenvalue weighted by atomic mass is 9.68. The number of nitrogens with zero attached hydrogens (tertiary/aromatic N) is 2. The molecule has 3 heteroatoms. The quantitative estimate of drug-likeness (QED) is 0.730. The second kappa shape index (κ2) is 4.04. The number of pyridine rings is 1. The van der Waals surface area contributed by atoms with Gasteiger partial charge >= 0.3 is 0 Å². The minimum atomic E-state index is 0.668. The predicted octanol–water partition coefficient (Wildman–Crippen LogP) is 3.35. The third-order valence-electron chi connectivity index (χ3n) is 3.97. The van der Waals surface area contributed by atoms with Gasteiger partial charge in [0.2, 0.25) is 0 Å². The molecule has 2 fully saturated rings. The molecular formula is C13H18N2S. The van der Waals surface area contributed by atoms with Crippen molar-refractivity contribution in [1.29, 1.82) is 0 Å². The van der Waals surface area contributed by atoms with Gasteiger partial charge < -0.3 is 0 Å². The van der Waals surface area contributed by atoms with Crippen LogP contribution in [0.3, 0.4) is 0 Å². The summed E-state index contributed by atoms with van der Waals surface area (Å²) >= 11 is 1.83. The first-order valence-electron chi connectivity index (χ1n) is 6.13. The van der Waals surface area contributed by atoms with E-state index in [2.05, 4.69) is 28.3 Å². The third-order valence-corrected chi connectivity index (χ3v) is 5.13. The van der Waals surface area contributed by atoms with Crippen molar-refractivity contribution in [2.75, 3.05) is 6.54 Å². The topological polar surface area (TPSA) is 16.1 Å². The summed E-state index contributed by atoms with van der Waals surface area (Å²) in [7, 11) is 0. The molecule has 1 unspecified atom stereocenters. The molecule has 3 rings (SSSR count). The first kappa shape index (κ1) is 10.6. The van der Waals surface area contributed by atoms with Crippen molar-refractivity contribution in [3.05, 3.63) is 24.4 Å². The summed E-state index contributed by atoms with van der Waals surface area (Å²) in [6.45, 7) is 3.61. The highest BCUT2D eigenvalue weighted by molar-refractivity contribution is 7.97. The molecule has 0 amide bonds. The maximum absolute atomic E-state index is 4.39. The summed E-state index contributed by atoms with van der Waals surface area (Å²) in [4.78, 5) is 4.39. The van der Waals surface area contributed by atoms with Gasteiger partial charge in [-0.05, 0) is 55.7 Å². The molecule has 1 aliphatic heterocycles. The Labute approximate surface area is 102 Å². The van der Waals surface area contributed by atoms with Crippen molar-refractivity contribution in [3.8, 4) is 0 Å². The fourth-order valence-electron chi connectivity index (χ4n) is 2.96. The molecular weight excluding hydrogens is 216 g/mol. The molecule has 2 nitrogen and oxygen atoms in total. The van der Waals surface area contributed by atoms with Crippen molar-refractivity contribution in [2.24, 2.45) is 5.41 Å². The Kier molecular flexibility index (Phi) is 2.68.